The number of fused-ring (bicyclic) bond motifs is 1. The molecule has 1 atom stereocenters. The summed E-state index contributed by atoms with van der Waals surface area (Å²) in [5.74, 6) is -1.21. The van der Waals surface area contributed by atoms with Crippen LogP contribution in [0, 0.1) is 5.92 Å². The minimum atomic E-state index is -0.787. The largest absolute Gasteiger partial charge is 0.481 e. The van der Waals surface area contributed by atoms with E-state index < -0.39 is 17.9 Å². The highest BCUT2D eigenvalue weighted by atomic mass is 16.4. The zero-order valence-corrected chi connectivity index (χ0v) is 16.7. The number of imidazole rings is 1. The van der Waals surface area contributed by atoms with Crippen molar-refractivity contribution in [3.05, 3.63) is 34.7 Å². The Morgan fingerprint density at radius 3 is 2.43 bits per heavy atom. The van der Waals surface area contributed by atoms with Crippen molar-refractivity contribution in [2.45, 2.75) is 44.7 Å². The van der Waals surface area contributed by atoms with Crippen LogP contribution in [0.15, 0.2) is 29.1 Å². The number of carboxylic acids is 1. The average Bonchev–Trinajstić information content (AvgIpc) is 2.99. The van der Waals surface area contributed by atoms with Gasteiger partial charge in [0, 0.05) is 19.5 Å². The number of hydrogen-bond acceptors (Lipinski definition) is 5. The number of nitrogens with one attached hydrogen (secondary N) is 1. The van der Waals surface area contributed by atoms with Crippen LogP contribution in [0.3, 0.4) is 0 Å². The molecule has 2 saturated heterocycles. The molecule has 1 unspecified atom stereocenters. The Labute approximate surface area is 173 Å². The van der Waals surface area contributed by atoms with E-state index in [1.54, 1.807) is 4.57 Å². The standard InChI is InChI=1S/C21H26N4O5/c26-18-6-5-17(20(29)22-18)25-16-4-2-1-3-15(16)24(21(25)30)13-14-7-10-23(11-8-14)12-9-19(27)28/h1-4,14,17H,5-13H2,(H,27,28)(H,22,26,29). The molecule has 2 amide bonds. The fourth-order valence-electron chi connectivity index (χ4n) is 4.54. The van der Waals surface area contributed by atoms with E-state index in [1.807, 2.05) is 24.3 Å². The first-order valence-corrected chi connectivity index (χ1v) is 10.4. The molecule has 1 aromatic heterocycles. The Bertz CT molecular complexity index is 1030. The van der Waals surface area contributed by atoms with Gasteiger partial charge in [-0.15, -0.1) is 0 Å². The number of rotatable bonds is 6. The summed E-state index contributed by atoms with van der Waals surface area (Å²) in [6.45, 7) is 2.75. The van der Waals surface area contributed by atoms with E-state index in [1.165, 1.54) is 4.57 Å². The fourth-order valence-corrected chi connectivity index (χ4v) is 4.54. The number of imide groups is 1. The van der Waals surface area contributed by atoms with Crippen LogP contribution in [-0.4, -0.2) is 56.6 Å². The van der Waals surface area contributed by atoms with Gasteiger partial charge in [-0.05, 0) is 50.4 Å². The van der Waals surface area contributed by atoms with Crippen LogP contribution in [-0.2, 0) is 20.9 Å². The fraction of sp³-hybridized carbons (Fsp3) is 0.524. The molecule has 160 valence electrons. The molecular weight excluding hydrogens is 388 g/mol. The van der Waals surface area contributed by atoms with Crippen molar-refractivity contribution in [3.63, 3.8) is 0 Å². The van der Waals surface area contributed by atoms with Crippen LogP contribution in [0.25, 0.3) is 11.0 Å². The molecule has 0 aliphatic carbocycles. The number of nitrogens with zero attached hydrogens (tertiary/aromatic N) is 3. The Kier molecular flexibility index (Phi) is 5.72. The monoisotopic (exact) mass is 414 g/mol. The summed E-state index contributed by atoms with van der Waals surface area (Å²) in [4.78, 5) is 50.2. The van der Waals surface area contributed by atoms with E-state index in [-0.39, 0.29) is 24.4 Å². The molecule has 2 fully saturated rings. The van der Waals surface area contributed by atoms with Crippen molar-refractivity contribution in [3.8, 4) is 0 Å². The van der Waals surface area contributed by atoms with Crippen molar-refractivity contribution >= 4 is 28.8 Å². The smallest absolute Gasteiger partial charge is 0.329 e. The predicted molar refractivity (Wildman–Crippen MR) is 109 cm³/mol. The van der Waals surface area contributed by atoms with Gasteiger partial charge in [0.05, 0.1) is 17.5 Å². The summed E-state index contributed by atoms with van der Waals surface area (Å²) in [7, 11) is 0. The first-order valence-electron chi connectivity index (χ1n) is 10.4. The van der Waals surface area contributed by atoms with E-state index in [4.69, 9.17) is 5.11 Å². The number of carboxylic acid groups (broad SMARTS) is 1. The van der Waals surface area contributed by atoms with Crippen LogP contribution in [0.5, 0.6) is 0 Å². The molecule has 0 saturated carbocycles. The molecule has 4 rings (SSSR count). The number of aromatic nitrogens is 2. The maximum atomic E-state index is 13.3. The number of likely N-dealkylation sites (tertiary alicyclic amines) is 1. The lowest BCUT2D eigenvalue weighted by Gasteiger charge is -2.31. The molecule has 0 spiro atoms. The highest BCUT2D eigenvalue weighted by Gasteiger charge is 2.32. The van der Waals surface area contributed by atoms with Crippen LogP contribution < -0.4 is 11.0 Å². The molecule has 9 heteroatoms. The van der Waals surface area contributed by atoms with Gasteiger partial charge < -0.3 is 10.0 Å². The summed E-state index contributed by atoms with van der Waals surface area (Å²) in [5.41, 5.74) is 1.27. The lowest BCUT2D eigenvalue weighted by Crippen LogP contribution is -2.44. The third-order valence-electron chi connectivity index (χ3n) is 6.18. The van der Waals surface area contributed by atoms with Gasteiger partial charge in [0.15, 0.2) is 0 Å². The molecule has 0 radical (unpaired) electrons. The lowest BCUT2D eigenvalue weighted by atomic mass is 9.96. The quantitative estimate of drug-likeness (QED) is 0.681. The minimum Gasteiger partial charge on any atom is -0.481 e. The second-order valence-electron chi connectivity index (χ2n) is 8.15. The maximum Gasteiger partial charge on any atom is 0.329 e. The van der Waals surface area contributed by atoms with Crippen LogP contribution in [0.1, 0.15) is 38.1 Å². The number of hydrogen-bond donors (Lipinski definition) is 2. The number of aliphatic carboxylic acids is 1. The molecule has 2 N–H and O–H groups in total. The van der Waals surface area contributed by atoms with Gasteiger partial charge in [-0.2, -0.15) is 0 Å². The van der Waals surface area contributed by atoms with Crippen molar-refractivity contribution < 1.29 is 19.5 Å². The highest BCUT2D eigenvalue weighted by Crippen LogP contribution is 2.25. The number of amides is 2. The van der Waals surface area contributed by atoms with E-state index in [2.05, 4.69) is 10.2 Å². The van der Waals surface area contributed by atoms with Gasteiger partial charge in [-0.25, -0.2) is 4.79 Å². The minimum absolute atomic E-state index is 0.142. The summed E-state index contributed by atoms with van der Waals surface area (Å²) >= 11 is 0. The maximum absolute atomic E-state index is 13.3. The molecule has 1 aromatic carbocycles. The number of para-hydroxylation sites is 2. The molecular formula is C21H26N4O5. The van der Waals surface area contributed by atoms with Gasteiger partial charge in [-0.3, -0.25) is 28.8 Å². The van der Waals surface area contributed by atoms with E-state index in [9.17, 15) is 19.2 Å². The zero-order chi connectivity index (χ0) is 21.3. The topological polar surface area (TPSA) is 114 Å². The van der Waals surface area contributed by atoms with Crippen molar-refractivity contribution in [2.75, 3.05) is 19.6 Å². The Balaban J connectivity index is 1.55. The second kappa shape index (κ2) is 8.43. The van der Waals surface area contributed by atoms with Gasteiger partial charge in [-0.1, -0.05) is 12.1 Å². The van der Waals surface area contributed by atoms with Gasteiger partial charge in [0.2, 0.25) is 11.8 Å². The van der Waals surface area contributed by atoms with Crippen molar-refractivity contribution in [1.82, 2.24) is 19.4 Å². The van der Waals surface area contributed by atoms with E-state index >= 15 is 0 Å². The number of carbonyl (C=O) groups is 3. The Hall–Kier alpha value is -2.94. The third-order valence-corrected chi connectivity index (χ3v) is 6.18. The zero-order valence-electron chi connectivity index (χ0n) is 16.7. The first kappa shape index (κ1) is 20.3. The average molecular weight is 414 g/mol. The summed E-state index contributed by atoms with van der Waals surface area (Å²) in [6, 6.07) is 6.77. The molecule has 9 nitrogen and oxygen atoms in total. The van der Waals surface area contributed by atoms with Gasteiger partial charge in [0.1, 0.15) is 6.04 Å². The summed E-state index contributed by atoms with van der Waals surface area (Å²) < 4.78 is 3.27. The summed E-state index contributed by atoms with van der Waals surface area (Å²) in [6.07, 6.45) is 2.47. The normalized spacial score (nSPS) is 21.1. The lowest BCUT2D eigenvalue weighted by molar-refractivity contribution is -0.138. The Morgan fingerprint density at radius 1 is 1.07 bits per heavy atom. The van der Waals surface area contributed by atoms with Crippen molar-refractivity contribution in [2.24, 2.45) is 5.92 Å². The molecule has 30 heavy (non-hydrogen) atoms. The van der Waals surface area contributed by atoms with E-state index in [0.29, 0.717) is 30.9 Å². The number of carbonyl (C=O) groups excluding carboxylic acids is 2. The van der Waals surface area contributed by atoms with E-state index in [0.717, 1.165) is 31.4 Å². The summed E-state index contributed by atoms with van der Waals surface area (Å²) in [5, 5.41) is 11.2. The first-order chi connectivity index (χ1) is 14.4. The number of piperidine rings is 2. The van der Waals surface area contributed by atoms with Crippen LogP contribution in [0.2, 0.25) is 0 Å². The Morgan fingerprint density at radius 2 is 1.77 bits per heavy atom. The molecule has 2 aromatic rings. The number of benzene rings is 1. The predicted octanol–water partition coefficient (Wildman–Crippen LogP) is 0.967. The van der Waals surface area contributed by atoms with Crippen molar-refractivity contribution in [1.29, 1.82) is 0 Å². The van der Waals surface area contributed by atoms with Crippen LogP contribution >= 0.6 is 0 Å². The molecule has 2 aliphatic rings. The highest BCUT2D eigenvalue weighted by molar-refractivity contribution is 6.00. The van der Waals surface area contributed by atoms with Crippen LogP contribution in [0.4, 0.5) is 0 Å². The molecule has 0 bridgehead atoms. The van der Waals surface area contributed by atoms with Gasteiger partial charge in [0.25, 0.3) is 0 Å². The second-order valence-corrected chi connectivity index (χ2v) is 8.15. The SMILES string of the molecule is O=C(O)CCN1CCC(Cn2c(=O)n(C3CCC(=O)NC3=O)c3ccccc32)CC1. The molecule has 2 aliphatic heterocycles. The molecule has 3 heterocycles. The third kappa shape index (κ3) is 4.02. The van der Waals surface area contributed by atoms with Gasteiger partial charge >= 0.3 is 11.7 Å².